The van der Waals surface area contributed by atoms with Crippen LogP contribution in [0.15, 0.2) is 24.3 Å². The molecule has 0 saturated carbocycles. The van der Waals surface area contributed by atoms with E-state index in [0.29, 0.717) is 0 Å². The Kier molecular flexibility index (Phi) is 6.67. The van der Waals surface area contributed by atoms with E-state index >= 15 is 0 Å². The van der Waals surface area contributed by atoms with Crippen molar-refractivity contribution in [1.82, 2.24) is 4.90 Å². The zero-order chi connectivity index (χ0) is 12.5. The summed E-state index contributed by atoms with van der Waals surface area (Å²) in [6.07, 6.45) is 3.07. The number of nitrogens with zero attached hydrogens (tertiary/aromatic N) is 1. The number of hydrogen-bond acceptors (Lipinski definition) is 3. The van der Waals surface area contributed by atoms with Gasteiger partial charge in [0.05, 0.1) is 0 Å². The summed E-state index contributed by atoms with van der Waals surface area (Å²) in [6.45, 7) is 5.50. The van der Waals surface area contributed by atoms with Gasteiger partial charge in [-0.2, -0.15) is 0 Å². The molecule has 0 saturated heterocycles. The summed E-state index contributed by atoms with van der Waals surface area (Å²) >= 11 is 0. The van der Waals surface area contributed by atoms with Crippen LogP contribution >= 0.6 is 0 Å². The second kappa shape index (κ2) is 8.09. The third kappa shape index (κ3) is 5.20. The zero-order valence-corrected chi connectivity index (χ0v) is 10.7. The molecule has 3 N–H and O–H groups in total. The Balaban J connectivity index is 2.50. The predicted molar refractivity (Wildman–Crippen MR) is 72.7 cm³/mol. The number of para-hydroxylation sites is 1. The van der Waals surface area contributed by atoms with E-state index in [1.165, 1.54) is 5.56 Å². The fourth-order valence-corrected chi connectivity index (χ4v) is 1.95. The molecule has 0 aromatic heterocycles. The lowest BCUT2D eigenvalue weighted by Crippen LogP contribution is -2.25. The van der Waals surface area contributed by atoms with Gasteiger partial charge < -0.3 is 10.8 Å². The molecule has 0 aliphatic heterocycles. The number of hydrogen-bond donors (Lipinski definition) is 2. The lowest BCUT2D eigenvalue weighted by Gasteiger charge is -2.22. The third-order valence-corrected chi connectivity index (χ3v) is 2.87. The third-order valence-electron chi connectivity index (χ3n) is 2.87. The molecule has 0 spiro atoms. The van der Waals surface area contributed by atoms with Gasteiger partial charge >= 0.3 is 0 Å². The van der Waals surface area contributed by atoms with Crippen LogP contribution in [0.3, 0.4) is 0 Å². The molecule has 0 heterocycles. The summed E-state index contributed by atoms with van der Waals surface area (Å²) in [5.41, 5.74) is 8.02. The average molecular weight is 236 g/mol. The summed E-state index contributed by atoms with van der Waals surface area (Å²) in [5.74, 6) is 0. The van der Waals surface area contributed by atoms with Gasteiger partial charge in [0.1, 0.15) is 0 Å². The molecule has 0 bridgehead atoms. The summed E-state index contributed by atoms with van der Waals surface area (Å²) in [6, 6.07) is 8.04. The monoisotopic (exact) mass is 236 g/mol. The van der Waals surface area contributed by atoms with Crippen molar-refractivity contribution < 1.29 is 5.11 Å². The lowest BCUT2D eigenvalue weighted by atomic mass is 10.1. The van der Waals surface area contributed by atoms with Gasteiger partial charge in [-0.15, -0.1) is 0 Å². The Morgan fingerprint density at radius 1 is 1.18 bits per heavy atom. The second-order valence-corrected chi connectivity index (χ2v) is 4.41. The van der Waals surface area contributed by atoms with Crippen LogP contribution in [0.25, 0.3) is 0 Å². The quantitative estimate of drug-likeness (QED) is 0.537. The van der Waals surface area contributed by atoms with Gasteiger partial charge in [0, 0.05) is 18.8 Å². The first-order valence-corrected chi connectivity index (χ1v) is 6.44. The molecule has 0 fully saturated rings. The molecule has 3 heteroatoms. The Morgan fingerprint density at radius 2 is 1.94 bits per heavy atom. The van der Waals surface area contributed by atoms with Crippen LogP contribution in [0.1, 0.15) is 31.7 Å². The number of nitrogen functional groups attached to an aromatic ring is 1. The molecule has 96 valence electrons. The van der Waals surface area contributed by atoms with E-state index in [2.05, 4.69) is 17.9 Å². The van der Waals surface area contributed by atoms with Gasteiger partial charge in [0.25, 0.3) is 0 Å². The molecule has 0 aliphatic rings. The van der Waals surface area contributed by atoms with Crippen LogP contribution in [0.2, 0.25) is 0 Å². The Labute approximate surface area is 104 Å². The maximum absolute atomic E-state index is 8.80. The van der Waals surface area contributed by atoms with Gasteiger partial charge in [-0.05, 0) is 44.0 Å². The molecular formula is C14H24N2O. The number of anilines is 1. The highest BCUT2D eigenvalue weighted by Gasteiger charge is 2.06. The minimum atomic E-state index is 0.285. The highest BCUT2D eigenvalue weighted by Crippen LogP contribution is 2.14. The van der Waals surface area contributed by atoms with Crippen molar-refractivity contribution in [3.8, 4) is 0 Å². The second-order valence-electron chi connectivity index (χ2n) is 4.41. The number of benzene rings is 1. The molecule has 3 nitrogen and oxygen atoms in total. The number of aliphatic hydroxyl groups excluding tert-OH is 1. The smallest absolute Gasteiger partial charge is 0.0431 e. The summed E-state index contributed by atoms with van der Waals surface area (Å²) in [4.78, 5) is 2.40. The van der Waals surface area contributed by atoms with Gasteiger partial charge in [-0.25, -0.2) is 0 Å². The SMILES string of the molecule is CCCN(CCCCO)Cc1ccccc1N. The molecule has 1 rings (SSSR count). The van der Waals surface area contributed by atoms with E-state index in [1.807, 2.05) is 18.2 Å². The van der Waals surface area contributed by atoms with Crippen LogP contribution in [0, 0.1) is 0 Å². The van der Waals surface area contributed by atoms with Crippen LogP contribution in [0.4, 0.5) is 5.69 Å². The normalized spacial score (nSPS) is 11.0. The molecule has 0 aliphatic carbocycles. The topological polar surface area (TPSA) is 49.5 Å². The van der Waals surface area contributed by atoms with Crippen molar-refractivity contribution in [3.05, 3.63) is 29.8 Å². The summed E-state index contributed by atoms with van der Waals surface area (Å²) in [7, 11) is 0. The first-order chi connectivity index (χ1) is 8.27. The Hall–Kier alpha value is -1.06. The number of unbranched alkanes of at least 4 members (excludes halogenated alkanes) is 1. The molecule has 0 atom stereocenters. The van der Waals surface area contributed by atoms with E-state index in [0.717, 1.165) is 44.6 Å². The van der Waals surface area contributed by atoms with Crippen molar-refractivity contribution in [2.45, 2.75) is 32.7 Å². The maximum atomic E-state index is 8.80. The largest absolute Gasteiger partial charge is 0.398 e. The highest BCUT2D eigenvalue weighted by atomic mass is 16.2. The first kappa shape index (κ1) is 14.0. The summed E-state index contributed by atoms with van der Waals surface area (Å²) in [5, 5.41) is 8.80. The molecule has 0 unspecified atom stereocenters. The van der Waals surface area contributed by atoms with Crippen molar-refractivity contribution >= 4 is 5.69 Å². The van der Waals surface area contributed by atoms with E-state index in [9.17, 15) is 0 Å². The van der Waals surface area contributed by atoms with Crippen LogP contribution in [0.5, 0.6) is 0 Å². The van der Waals surface area contributed by atoms with Crippen molar-refractivity contribution in [1.29, 1.82) is 0 Å². The van der Waals surface area contributed by atoms with E-state index in [-0.39, 0.29) is 6.61 Å². The van der Waals surface area contributed by atoms with E-state index in [1.54, 1.807) is 0 Å². The highest BCUT2D eigenvalue weighted by molar-refractivity contribution is 5.46. The minimum Gasteiger partial charge on any atom is -0.398 e. The molecule has 1 aromatic rings. The number of nitrogens with two attached hydrogens (primary N) is 1. The standard InChI is InChI=1S/C14H24N2O/c1-2-9-16(10-5-6-11-17)12-13-7-3-4-8-14(13)15/h3-4,7-8,17H,2,5-6,9-12,15H2,1H3. The molecule has 0 radical (unpaired) electrons. The maximum Gasteiger partial charge on any atom is 0.0431 e. The molecule has 1 aromatic carbocycles. The molecule has 17 heavy (non-hydrogen) atoms. The van der Waals surface area contributed by atoms with Gasteiger partial charge in [-0.3, -0.25) is 4.90 Å². The van der Waals surface area contributed by atoms with Crippen LogP contribution < -0.4 is 5.73 Å². The van der Waals surface area contributed by atoms with Gasteiger partial charge in [0.2, 0.25) is 0 Å². The first-order valence-electron chi connectivity index (χ1n) is 6.44. The Morgan fingerprint density at radius 3 is 2.59 bits per heavy atom. The summed E-state index contributed by atoms with van der Waals surface area (Å²) < 4.78 is 0. The van der Waals surface area contributed by atoms with Crippen molar-refractivity contribution in [2.75, 3.05) is 25.4 Å². The number of rotatable bonds is 8. The Bertz CT molecular complexity index is 315. The average Bonchev–Trinajstić information content (AvgIpc) is 2.32. The zero-order valence-electron chi connectivity index (χ0n) is 10.7. The van der Waals surface area contributed by atoms with Crippen molar-refractivity contribution in [3.63, 3.8) is 0 Å². The van der Waals surface area contributed by atoms with Gasteiger partial charge in [-0.1, -0.05) is 25.1 Å². The lowest BCUT2D eigenvalue weighted by molar-refractivity contribution is 0.236. The fourth-order valence-electron chi connectivity index (χ4n) is 1.95. The molecule has 0 amide bonds. The van der Waals surface area contributed by atoms with Crippen LogP contribution in [-0.4, -0.2) is 29.7 Å². The predicted octanol–water partition coefficient (Wildman–Crippen LogP) is 2.25. The number of aliphatic hydroxyl groups is 1. The van der Waals surface area contributed by atoms with E-state index < -0.39 is 0 Å². The van der Waals surface area contributed by atoms with E-state index in [4.69, 9.17) is 10.8 Å². The van der Waals surface area contributed by atoms with Crippen molar-refractivity contribution in [2.24, 2.45) is 0 Å². The van der Waals surface area contributed by atoms with Gasteiger partial charge in [0.15, 0.2) is 0 Å². The minimum absolute atomic E-state index is 0.285. The fraction of sp³-hybridized carbons (Fsp3) is 0.571. The molecular weight excluding hydrogens is 212 g/mol. The van der Waals surface area contributed by atoms with Crippen LogP contribution in [-0.2, 0) is 6.54 Å².